The van der Waals surface area contributed by atoms with Crippen LogP contribution in [0.25, 0.3) is 0 Å². The standard InChI is InChI=1S/2C9H11.2C6H5FO.C2H6Si.Zr/c2*1-2-5-9-7-3-6-8(9)4-1;2*7-5-1-3-6(8)4-2-5;1-3-2;/h2*3,6-7H,1-2,4-5H2;2*1-4,8H;1-2H3;/q2*-1;;;;+2. The van der Waals surface area contributed by atoms with Crippen molar-refractivity contribution in [1.29, 1.82) is 0 Å². The Kier molecular flexibility index (Phi) is 15.2. The first-order valence-corrected chi connectivity index (χ1v) is 19.3. The molecule has 2 nitrogen and oxygen atoms in total. The summed E-state index contributed by atoms with van der Waals surface area (Å²) in [5, 5.41) is 17.2. The van der Waals surface area contributed by atoms with E-state index in [0.29, 0.717) is 0 Å². The molecule has 2 N–H and O–H groups in total. The third-order valence-corrected chi connectivity index (χ3v) is 5.95. The summed E-state index contributed by atoms with van der Waals surface area (Å²) in [6, 6.07) is 23.4. The summed E-state index contributed by atoms with van der Waals surface area (Å²) in [6.07, 6.45) is 10.9. The predicted octanol–water partition coefficient (Wildman–Crippen LogP) is 8.42. The molecule has 38 heavy (non-hydrogen) atoms. The number of benzene rings is 2. The second kappa shape index (κ2) is 18.1. The predicted molar refractivity (Wildman–Crippen MR) is 151 cm³/mol. The van der Waals surface area contributed by atoms with Crippen LogP contribution in [-0.2, 0) is 49.0 Å². The van der Waals surface area contributed by atoms with E-state index in [4.69, 9.17) is 10.2 Å². The van der Waals surface area contributed by atoms with Crippen LogP contribution in [0.4, 0.5) is 8.78 Å². The largest absolute Gasteiger partial charge is 0.508 e. The van der Waals surface area contributed by atoms with Crippen molar-refractivity contribution in [3.63, 3.8) is 0 Å². The fraction of sp³-hybridized carbons (Fsp3) is 0.312. The number of phenols is 2. The molecule has 0 unspecified atom stereocenters. The van der Waals surface area contributed by atoms with Crippen LogP contribution in [0.3, 0.4) is 0 Å². The molecule has 6 heteroatoms. The van der Waals surface area contributed by atoms with Crippen LogP contribution in [0, 0.1) is 11.6 Å². The maximum atomic E-state index is 12.0. The van der Waals surface area contributed by atoms with Gasteiger partial charge in [0.2, 0.25) is 0 Å². The van der Waals surface area contributed by atoms with Crippen LogP contribution >= 0.6 is 0 Å². The number of phenolic OH excluding ortho intramolecular Hbond substituents is 2. The van der Waals surface area contributed by atoms with Gasteiger partial charge in [-0.2, -0.15) is 46.5 Å². The zero-order chi connectivity index (χ0) is 27.8. The second-order valence-electron chi connectivity index (χ2n) is 9.52. The van der Waals surface area contributed by atoms with Crippen molar-refractivity contribution in [3.05, 3.63) is 119 Å². The smallest absolute Gasteiger partial charge is 0.123 e. The van der Waals surface area contributed by atoms with Crippen molar-refractivity contribution in [2.75, 3.05) is 0 Å². The molecular formula is C32H38F2O2SiZr. The molecule has 4 aromatic rings. The van der Waals surface area contributed by atoms with Gasteiger partial charge in [0.15, 0.2) is 0 Å². The maximum Gasteiger partial charge on any atom is 0.123 e. The minimum Gasteiger partial charge on any atom is -0.508 e. The number of aromatic hydroxyl groups is 2. The van der Waals surface area contributed by atoms with Crippen LogP contribution in [0.5, 0.6) is 11.5 Å². The molecule has 2 aliphatic rings. The van der Waals surface area contributed by atoms with Crippen molar-refractivity contribution in [1.82, 2.24) is 0 Å². The molecule has 0 saturated carbocycles. The molecule has 4 aromatic carbocycles. The Morgan fingerprint density at radius 2 is 0.921 bits per heavy atom. The van der Waals surface area contributed by atoms with E-state index in [1.165, 1.54) is 99.9 Å². The van der Waals surface area contributed by atoms with E-state index >= 15 is 0 Å². The molecule has 0 aromatic heterocycles. The summed E-state index contributed by atoms with van der Waals surface area (Å²) < 4.78 is 24.0. The molecule has 6 rings (SSSR count). The van der Waals surface area contributed by atoms with Crippen LogP contribution < -0.4 is 0 Å². The first-order chi connectivity index (χ1) is 18.2. The molecule has 0 bridgehead atoms. The SMILES string of the molecule is C[Si](C)=[Zr+2].Oc1ccc(F)cc1.Oc1ccc(F)cc1.c1cc2c([cH-]1)CCCC2.c1cc2c([cH-]1)CCCC2. The summed E-state index contributed by atoms with van der Waals surface area (Å²) in [5.41, 5.74) is 6.60. The van der Waals surface area contributed by atoms with Gasteiger partial charge in [-0.3, -0.25) is 0 Å². The zero-order valence-electron chi connectivity index (χ0n) is 22.4. The number of aryl methyl sites for hydroxylation is 4. The van der Waals surface area contributed by atoms with E-state index in [-0.39, 0.29) is 28.6 Å². The average molecular weight is 612 g/mol. The van der Waals surface area contributed by atoms with Crippen molar-refractivity contribution in [2.45, 2.75) is 64.5 Å². The number of fused-ring (bicyclic) bond motifs is 2. The normalized spacial score (nSPS) is 12.8. The van der Waals surface area contributed by atoms with Gasteiger partial charge in [-0.15, -0.1) is 0 Å². The molecule has 200 valence electrons. The van der Waals surface area contributed by atoms with E-state index in [0.717, 1.165) is 0 Å². The van der Waals surface area contributed by atoms with Gasteiger partial charge in [0, 0.05) is 0 Å². The Balaban J connectivity index is 0.000000170. The summed E-state index contributed by atoms with van der Waals surface area (Å²) in [6.45, 7) is 4.62. The van der Waals surface area contributed by atoms with Crippen molar-refractivity contribution in [2.24, 2.45) is 0 Å². The Morgan fingerprint density at radius 3 is 1.21 bits per heavy atom. The third-order valence-electron chi connectivity index (χ3n) is 5.95. The molecule has 0 heterocycles. The molecule has 2 aliphatic carbocycles. The van der Waals surface area contributed by atoms with E-state index in [2.05, 4.69) is 49.5 Å². The Bertz CT molecular complexity index is 1020. The fourth-order valence-corrected chi connectivity index (χ4v) is 4.11. The third kappa shape index (κ3) is 13.5. The fourth-order valence-electron chi connectivity index (χ4n) is 4.11. The first kappa shape index (κ1) is 31.9. The molecule has 0 amide bonds. The monoisotopic (exact) mass is 610 g/mol. The van der Waals surface area contributed by atoms with Gasteiger partial charge in [0.1, 0.15) is 23.1 Å². The second-order valence-corrected chi connectivity index (χ2v) is 18.9. The van der Waals surface area contributed by atoms with Gasteiger partial charge in [-0.1, -0.05) is 51.4 Å². The minimum absolute atomic E-state index is 0.0893. The summed E-state index contributed by atoms with van der Waals surface area (Å²) in [4.78, 5) is 0. The quantitative estimate of drug-likeness (QED) is 0.155. The van der Waals surface area contributed by atoms with Gasteiger partial charge in [-0.05, 0) is 48.5 Å². The molecule has 0 saturated heterocycles. The molecular weight excluding hydrogens is 574 g/mol. The zero-order valence-corrected chi connectivity index (χ0v) is 25.8. The molecule has 0 fully saturated rings. The van der Waals surface area contributed by atoms with Crippen molar-refractivity contribution >= 4 is 5.43 Å². The summed E-state index contributed by atoms with van der Waals surface area (Å²) in [7, 11) is 0. The summed E-state index contributed by atoms with van der Waals surface area (Å²) in [5.74, 6) is -0.483. The molecule has 0 atom stereocenters. The number of rotatable bonds is 0. The van der Waals surface area contributed by atoms with Crippen LogP contribution in [0.2, 0.25) is 13.1 Å². The average Bonchev–Trinajstić information content (AvgIpc) is 3.58. The number of halogens is 2. The van der Waals surface area contributed by atoms with Crippen molar-refractivity contribution in [3.8, 4) is 11.5 Å². The Morgan fingerprint density at radius 1 is 0.605 bits per heavy atom. The van der Waals surface area contributed by atoms with Gasteiger partial charge in [0.25, 0.3) is 0 Å². The van der Waals surface area contributed by atoms with E-state index in [1.807, 2.05) is 0 Å². The molecule has 0 spiro atoms. The van der Waals surface area contributed by atoms with Gasteiger partial charge < -0.3 is 10.2 Å². The molecule has 0 radical (unpaired) electrons. The minimum atomic E-state index is -0.331. The number of hydrogen-bond donors (Lipinski definition) is 2. The van der Waals surface area contributed by atoms with E-state index < -0.39 is 0 Å². The van der Waals surface area contributed by atoms with Gasteiger partial charge in [-0.25, -0.2) is 20.9 Å². The summed E-state index contributed by atoms with van der Waals surface area (Å²) >= 11 is 1.74. The van der Waals surface area contributed by atoms with E-state index in [1.54, 1.807) is 45.6 Å². The van der Waals surface area contributed by atoms with Gasteiger partial charge in [0.05, 0.1) is 0 Å². The number of hydrogen-bond acceptors (Lipinski definition) is 2. The van der Waals surface area contributed by atoms with E-state index in [9.17, 15) is 8.78 Å². The Hall–Kier alpha value is -2.30. The van der Waals surface area contributed by atoms with Crippen LogP contribution in [0.15, 0.2) is 84.9 Å². The van der Waals surface area contributed by atoms with Gasteiger partial charge >= 0.3 is 41.9 Å². The molecule has 0 aliphatic heterocycles. The van der Waals surface area contributed by atoms with Crippen molar-refractivity contribution < 1.29 is 42.3 Å². The van der Waals surface area contributed by atoms with Crippen LogP contribution in [0.1, 0.15) is 47.9 Å². The Labute approximate surface area is 241 Å². The maximum absolute atomic E-state index is 12.0. The first-order valence-electron chi connectivity index (χ1n) is 13.1. The topological polar surface area (TPSA) is 40.5 Å². The van der Waals surface area contributed by atoms with Crippen LogP contribution in [-0.4, -0.2) is 15.6 Å².